The number of unbranched alkanes of at least 4 members (excludes halogenated alkanes) is 69. The molecule has 0 aromatic rings. The molecule has 2 unspecified atom stereocenters. The smallest absolute Gasteiger partial charge is 0.306 e. The molecule has 0 saturated heterocycles. The fraction of sp³-hybridized carbons (Fsp3) is 0.915. The van der Waals surface area contributed by atoms with Gasteiger partial charge in [0.1, 0.15) is 19.8 Å². The zero-order valence-electron chi connectivity index (χ0n) is 70.8. The van der Waals surface area contributed by atoms with Crippen LogP contribution in [0.1, 0.15) is 502 Å². The average molecular weight is 1490 g/mol. The highest BCUT2D eigenvalue weighted by molar-refractivity contribution is 7.45. The molecule has 9 nitrogen and oxygen atoms in total. The van der Waals surface area contributed by atoms with Crippen LogP contribution in [0.2, 0.25) is 0 Å². The minimum atomic E-state index is -4.65. The minimum absolute atomic E-state index is 0.0263. The van der Waals surface area contributed by atoms with E-state index in [0.717, 1.165) is 38.5 Å². The minimum Gasteiger partial charge on any atom is -0.756 e. The van der Waals surface area contributed by atoms with Gasteiger partial charge in [-0.2, -0.15) is 0 Å². The number of carbonyl (C=O) groups is 2. The Balaban J connectivity index is 3.81. The number of phosphoric ester groups is 1. The lowest BCUT2D eigenvalue weighted by Crippen LogP contribution is -2.37. The van der Waals surface area contributed by atoms with Gasteiger partial charge < -0.3 is 27.9 Å². The van der Waals surface area contributed by atoms with Gasteiger partial charge in [-0.3, -0.25) is 14.2 Å². The molecule has 0 bridgehead atoms. The molecule has 10 heteroatoms. The Kier molecular flexibility index (Phi) is 83.8. The molecule has 0 aliphatic carbocycles. The molecule has 0 spiro atoms. The largest absolute Gasteiger partial charge is 0.756 e. The second-order valence-electron chi connectivity index (χ2n) is 33.4. The lowest BCUT2D eigenvalue weighted by atomic mass is 10.0. The van der Waals surface area contributed by atoms with E-state index in [2.05, 4.69) is 50.3 Å². The van der Waals surface area contributed by atoms with Crippen molar-refractivity contribution in [1.82, 2.24) is 0 Å². The van der Waals surface area contributed by atoms with Crippen molar-refractivity contribution < 1.29 is 42.1 Å². The van der Waals surface area contributed by atoms with E-state index in [9.17, 15) is 19.0 Å². The Morgan fingerprint density at radius 1 is 0.298 bits per heavy atom. The lowest BCUT2D eigenvalue weighted by molar-refractivity contribution is -0.870. The molecule has 0 aliphatic rings. The molecule has 616 valence electrons. The second-order valence-corrected chi connectivity index (χ2v) is 34.8. The molecular formula is C94H182NO8P. The number of nitrogens with zero attached hydrogens (tertiary/aromatic N) is 1. The third-order valence-corrected chi connectivity index (χ3v) is 22.6. The number of hydrogen-bond acceptors (Lipinski definition) is 8. The number of ether oxygens (including phenoxy) is 2. The first kappa shape index (κ1) is 102. The third kappa shape index (κ3) is 89.1. The summed E-state index contributed by atoms with van der Waals surface area (Å²) in [5.41, 5.74) is 0. The van der Waals surface area contributed by atoms with Crippen molar-refractivity contribution in [1.29, 1.82) is 0 Å². The SMILES string of the molecule is CCCCCCC/C=C\C/C=C\CCCCCCCCCCCCCCCCCCCCCCCCCCCCCC(=O)OC(COC(=O)CCCCCCCCCCCCCCCCCCCCCCCCCCCCCCC/C=C\CCCCCCCCCC)COP(=O)([O-])OCC[N+](C)(C)C. The fourth-order valence-electron chi connectivity index (χ4n) is 14.5. The summed E-state index contributed by atoms with van der Waals surface area (Å²) in [6.45, 7) is 4.33. The summed E-state index contributed by atoms with van der Waals surface area (Å²) in [6.07, 6.45) is 113. The van der Waals surface area contributed by atoms with E-state index < -0.39 is 26.5 Å². The number of likely N-dealkylation sites (N-methyl/N-ethyl adjacent to an activating group) is 1. The second kappa shape index (κ2) is 85.2. The molecule has 0 amide bonds. The maximum Gasteiger partial charge on any atom is 0.306 e. The fourth-order valence-corrected chi connectivity index (χ4v) is 15.2. The summed E-state index contributed by atoms with van der Waals surface area (Å²) >= 11 is 0. The highest BCUT2D eigenvalue weighted by Gasteiger charge is 2.22. The van der Waals surface area contributed by atoms with Crippen LogP contribution in [-0.4, -0.2) is 70.0 Å². The van der Waals surface area contributed by atoms with Crippen molar-refractivity contribution in [3.05, 3.63) is 36.5 Å². The Hall–Kier alpha value is -1.77. The van der Waals surface area contributed by atoms with Crippen LogP contribution >= 0.6 is 7.82 Å². The van der Waals surface area contributed by atoms with Crippen LogP contribution in [0.3, 0.4) is 0 Å². The van der Waals surface area contributed by atoms with Crippen molar-refractivity contribution in [2.45, 2.75) is 508 Å². The summed E-state index contributed by atoms with van der Waals surface area (Å²) in [4.78, 5) is 38.3. The Morgan fingerprint density at radius 3 is 0.769 bits per heavy atom. The van der Waals surface area contributed by atoms with Crippen LogP contribution in [0, 0.1) is 0 Å². The molecular weight excluding hydrogens is 1300 g/mol. The van der Waals surface area contributed by atoms with Crippen LogP contribution < -0.4 is 4.89 Å². The van der Waals surface area contributed by atoms with Crippen molar-refractivity contribution in [3.8, 4) is 0 Å². The van der Waals surface area contributed by atoms with Crippen molar-refractivity contribution in [3.63, 3.8) is 0 Å². The van der Waals surface area contributed by atoms with E-state index >= 15 is 0 Å². The first-order chi connectivity index (χ1) is 51.0. The third-order valence-electron chi connectivity index (χ3n) is 21.6. The highest BCUT2D eigenvalue weighted by Crippen LogP contribution is 2.38. The number of esters is 2. The summed E-state index contributed by atoms with van der Waals surface area (Å²) in [7, 11) is 1.20. The Bertz CT molecular complexity index is 1850. The van der Waals surface area contributed by atoms with E-state index in [4.69, 9.17) is 18.5 Å². The van der Waals surface area contributed by atoms with Gasteiger partial charge in [-0.15, -0.1) is 0 Å². The first-order valence-corrected chi connectivity index (χ1v) is 48.2. The number of hydrogen-bond donors (Lipinski definition) is 0. The van der Waals surface area contributed by atoms with E-state index in [1.54, 1.807) is 0 Å². The topological polar surface area (TPSA) is 111 Å². The molecule has 0 aromatic heterocycles. The van der Waals surface area contributed by atoms with Crippen LogP contribution in [0.15, 0.2) is 36.5 Å². The summed E-state index contributed by atoms with van der Waals surface area (Å²) in [5.74, 6) is -0.802. The van der Waals surface area contributed by atoms with Crippen molar-refractivity contribution in [2.24, 2.45) is 0 Å². The first-order valence-electron chi connectivity index (χ1n) is 46.7. The zero-order valence-corrected chi connectivity index (χ0v) is 71.7. The monoisotopic (exact) mass is 1480 g/mol. The van der Waals surface area contributed by atoms with Crippen LogP contribution in [-0.2, 0) is 32.7 Å². The molecule has 0 fully saturated rings. The zero-order chi connectivity index (χ0) is 75.4. The van der Waals surface area contributed by atoms with Crippen molar-refractivity contribution >= 4 is 19.8 Å². The molecule has 2 atom stereocenters. The van der Waals surface area contributed by atoms with Crippen LogP contribution in [0.4, 0.5) is 0 Å². The maximum absolute atomic E-state index is 12.9. The predicted molar refractivity (Wildman–Crippen MR) is 453 cm³/mol. The van der Waals surface area contributed by atoms with Crippen LogP contribution in [0.5, 0.6) is 0 Å². The van der Waals surface area contributed by atoms with E-state index in [1.165, 1.54) is 430 Å². The quantitative estimate of drug-likeness (QED) is 0.0195. The van der Waals surface area contributed by atoms with E-state index in [-0.39, 0.29) is 32.0 Å². The molecule has 0 saturated carbocycles. The lowest BCUT2D eigenvalue weighted by Gasteiger charge is -2.28. The number of allylic oxidation sites excluding steroid dienone is 6. The number of phosphoric acid groups is 1. The van der Waals surface area contributed by atoms with Gasteiger partial charge in [0.2, 0.25) is 0 Å². The number of quaternary nitrogens is 1. The molecule has 0 N–H and O–H groups in total. The molecule has 0 heterocycles. The van der Waals surface area contributed by atoms with E-state index in [1.807, 2.05) is 21.1 Å². The molecule has 0 radical (unpaired) electrons. The predicted octanol–water partition coefficient (Wildman–Crippen LogP) is 31.0. The Labute approximate surface area is 650 Å². The number of rotatable bonds is 89. The maximum atomic E-state index is 12.9. The summed E-state index contributed by atoms with van der Waals surface area (Å²) in [5, 5.41) is 0. The van der Waals surface area contributed by atoms with Gasteiger partial charge in [0.25, 0.3) is 7.82 Å². The average Bonchev–Trinajstić information content (AvgIpc) is 0.915. The van der Waals surface area contributed by atoms with Gasteiger partial charge in [0.05, 0.1) is 27.7 Å². The van der Waals surface area contributed by atoms with Gasteiger partial charge >= 0.3 is 11.9 Å². The van der Waals surface area contributed by atoms with Gasteiger partial charge in [-0.05, 0) is 70.6 Å². The summed E-state index contributed by atoms with van der Waals surface area (Å²) in [6, 6.07) is 0. The molecule has 104 heavy (non-hydrogen) atoms. The standard InChI is InChI=1S/C94H182NO8P/c1-6-8-10-12-14-16-18-20-22-24-26-28-30-32-34-36-38-40-42-44-46-47-49-50-52-54-56-58-60-62-64-66-68-70-72-74-76-78-80-82-84-86-93(96)100-90-92(91-102-104(98,99)101-89-88-95(3,4)5)103-94(97)87-85-83-81-79-77-75-73-71-69-67-65-63-61-59-57-55-53-51-48-45-43-41-39-37-35-33-31-29-27-25-23-21-19-17-15-13-11-9-7-2/h19,21,24-27,92H,6-18,20,22-23,28-91H2,1-5H3/b21-19-,26-24-,27-25-. The van der Waals surface area contributed by atoms with E-state index in [0.29, 0.717) is 17.4 Å². The van der Waals surface area contributed by atoms with Gasteiger partial charge in [-0.1, -0.05) is 455 Å². The highest BCUT2D eigenvalue weighted by atomic mass is 31.2. The molecule has 0 aromatic carbocycles. The van der Waals surface area contributed by atoms with Gasteiger partial charge in [-0.25, -0.2) is 0 Å². The van der Waals surface area contributed by atoms with Gasteiger partial charge in [0.15, 0.2) is 6.10 Å². The normalized spacial score (nSPS) is 13.0. The Morgan fingerprint density at radius 2 is 0.519 bits per heavy atom. The van der Waals surface area contributed by atoms with Gasteiger partial charge in [0, 0.05) is 12.8 Å². The van der Waals surface area contributed by atoms with Crippen molar-refractivity contribution in [2.75, 3.05) is 47.5 Å². The molecule has 0 rings (SSSR count). The molecule has 0 aliphatic heterocycles. The van der Waals surface area contributed by atoms with Crippen LogP contribution in [0.25, 0.3) is 0 Å². The number of carbonyl (C=O) groups excluding carboxylic acids is 2. The summed E-state index contributed by atoms with van der Waals surface area (Å²) < 4.78 is 34.5.